The fourth-order valence-corrected chi connectivity index (χ4v) is 4.69. The Hall–Kier alpha value is -3.45. The third-order valence-corrected chi connectivity index (χ3v) is 6.52. The third-order valence-electron chi connectivity index (χ3n) is 5.54. The molecule has 0 amide bonds. The van der Waals surface area contributed by atoms with Gasteiger partial charge in [-0.3, -0.25) is 9.97 Å². The van der Waals surface area contributed by atoms with E-state index in [9.17, 15) is 0 Å². The second kappa shape index (κ2) is 8.59. The lowest BCUT2D eigenvalue weighted by atomic mass is 10.0. The number of nitrogens with one attached hydrogen (secondary N) is 1. The summed E-state index contributed by atoms with van der Waals surface area (Å²) < 4.78 is 1.95. The van der Waals surface area contributed by atoms with Gasteiger partial charge in [0.1, 0.15) is 5.82 Å². The Labute approximate surface area is 191 Å². The van der Waals surface area contributed by atoms with Crippen LogP contribution in [0, 0.1) is 20.8 Å². The molecule has 1 N–H and O–H groups in total. The van der Waals surface area contributed by atoms with Crippen molar-refractivity contribution >= 4 is 23.3 Å². The minimum absolute atomic E-state index is 0.167. The van der Waals surface area contributed by atoms with Gasteiger partial charge in [0.15, 0.2) is 5.50 Å². The van der Waals surface area contributed by atoms with E-state index in [1.54, 1.807) is 11.8 Å². The molecular formula is C25H24N6S. The molecule has 160 valence electrons. The molecule has 0 saturated heterocycles. The first-order valence-corrected chi connectivity index (χ1v) is 11.6. The molecule has 1 unspecified atom stereocenters. The molecule has 7 heteroatoms. The zero-order chi connectivity index (χ0) is 22.1. The molecule has 3 heterocycles. The maximum Gasteiger partial charge on any atom is 0.168 e. The molecule has 5 rings (SSSR count). The predicted molar refractivity (Wildman–Crippen MR) is 131 cm³/mol. The van der Waals surface area contributed by atoms with Crippen molar-refractivity contribution in [3.63, 3.8) is 0 Å². The SMILES string of the molecule is Cc1nc(C)c(CSC2N=C(c3ccccc3)c3cnn(-c4ccccc4)c3N2)nc1C. The third kappa shape index (κ3) is 3.91. The molecular weight excluding hydrogens is 416 g/mol. The number of nitrogens with zero attached hydrogens (tertiary/aromatic N) is 5. The minimum atomic E-state index is -0.167. The van der Waals surface area contributed by atoms with Crippen LogP contribution < -0.4 is 5.32 Å². The van der Waals surface area contributed by atoms with E-state index in [2.05, 4.69) is 39.7 Å². The number of benzene rings is 2. The topological polar surface area (TPSA) is 68.0 Å². The van der Waals surface area contributed by atoms with Gasteiger partial charge in [0.25, 0.3) is 0 Å². The van der Waals surface area contributed by atoms with Gasteiger partial charge in [-0.25, -0.2) is 9.67 Å². The number of fused-ring (bicyclic) bond motifs is 1. The van der Waals surface area contributed by atoms with Gasteiger partial charge in [0, 0.05) is 11.3 Å². The highest BCUT2D eigenvalue weighted by molar-refractivity contribution is 7.99. The lowest BCUT2D eigenvalue weighted by Gasteiger charge is -2.24. The van der Waals surface area contributed by atoms with Crippen LogP contribution in [0.25, 0.3) is 5.69 Å². The van der Waals surface area contributed by atoms with E-state index in [-0.39, 0.29) is 5.50 Å². The second-order valence-corrected chi connectivity index (χ2v) is 8.80. The Morgan fingerprint density at radius 1 is 0.875 bits per heavy atom. The van der Waals surface area contributed by atoms with Crippen LogP contribution in [0.15, 0.2) is 71.9 Å². The first-order chi connectivity index (χ1) is 15.6. The average molecular weight is 441 g/mol. The number of aromatic nitrogens is 4. The van der Waals surface area contributed by atoms with Gasteiger partial charge in [0.05, 0.1) is 45.9 Å². The highest BCUT2D eigenvalue weighted by Gasteiger charge is 2.26. The molecule has 1 aliphatic heterocycles. The van der Waals surface area contributed by atoms with E-state index in [0.717, 1.165) is 56.9 Å². The van der Waals surface area contributed by atoms with E-state index in [0.29, 0.717) is 0 Å². The second-order valence-electron chi connectivity index (χ2n) is 7.73. The van der Waals surface area contributed by atoms with Crippen LogP contribution in [0.1, 0.15) is 33.9 Å². The van der Waals surface area contributed by atoms with E-state index < -0.39 is 0 Å². The zero-order valence-corrected chi connectivity index (χ0v) is 19.1. The predicted octanol–water partition coefficient (Wildman–Crippen LogP) is 5.07. The molecule has 0 bridgehead atoms. The van der Waals surface area contributed by atoms with Crippen molar-refractivity contribution in [3.05, 3.63) is 101 Å². The van der Waals surface area contributed by atoms with Gasteiger partial charge in [0.2, 0.25) is 0 Å². The van der Waals surface area contributed by atoms with Crippen LogP contribution in [0.4, 0.5) is 5.82 Å². The number of hydrogen-bond donors (Lipinski definition) is 1. The molecule has 2 aromatic carbocycles. The maximum absolute atomic E-state index is 5.05. The molecule has 0 aliphatic carbocycles. The Morgan fingerprint density at radius 2 is 1.56 bits per heavy atom. The highest BCUT2D eigenvalue weighted by Crippen LogP contribution is 2.32. The van der Waals surface area contributed by atoms with Gasteiger partial charge >= 0.3 is 0 Å². The van der Waals surface area contributed by atoms with Crippen molar-refractivity contribution in [1.82, 2.24) is 19.7 Å². The first-order valence-electron chi connectivity index (χ1n) is 10.6. The van der Waals surface area contributed by atoms with Gasteiger partial charge in [-0.05, 0) is 32.9 Å². The van der Waals surface area contributed by atoms with Crippen LogP contribution in [0.2, 0.25) is 0 Å². The van der Waals surface area contributed by atoms with Gasteiger partial charge < -0.3 is 5.32 Å². The largest absolute Gasteiger partial charge is 0.339 e. The summed E-state index contributed by atoms with van der Waals surface area (Å²) in [7, 11) is 0. The lowest BCUT2D eigenvalue weighted by molar-refractivity contribution is 0.866. The monoisotopic (exact) mass is 440 g/mol. The van der Waals surface area contributed by atoms with Crippen molar-refractivity contribution < 1.29 is 0 Å². The molecule has 1 atom stereocenters. The van der Waals surface area contributed by atoms with Crippen LogP contribution in [-0.2, 0) is 5.75 Å². The number of aliphatic imine (C=N–C) groups is 1. The molecule has 2 aromatic heterocycles. The molecule has 0 radical (unpaired) electrons. The quantitative estimate of drug-likeness (QED) is 0.469. The van der Waals surface area contributed by atoms with Crippen LogP contribution in [-0.4, -0.2) is 31.0 Å². The van der Waals surface area contributed by atoms with E-state index in [4.69, 9.17) is 9.98 Å². The molecule has 0 saturated carbocycles. The Kier molecular flexibility index (Phi) is 5.49. The normalized spacial score (nSPS) is 15.1. The maximum atomic E-state index is 5.05. The number of rotatable bonds is 5. The summed E-state index contributed by atoms with van der Waals surface area (Å²) in [6.07, 6.45) is 1.89. The van der Waals surface area contributed by atoms with Gasteiger partial charge in [-0.2, -0.15) is 5.10 Å². The molecule has 0 spiro atoms. The van der Waals surface area contributed by atoms with E-state index in [1.165, 1.54) is 0 Å². The van der Waals surface area contributed by atoms with Crippen molar-refractivity contribution in [2.75, 3.05) is 5.32 Å². The van der Waals surface area contributed by atoms with Crippen LogP contribution >= 0.6 is 11.8 Å². The Balaban J connectivity index is 1.50. The molecule has 0 fully saturated rings. The van der Waals surface area contributed by atoms with Crippen LogP contribution in [0.5, 0.6) is 0 Å². The fraction of sp³-hybridized carbons (Fsp3) is 0.200. The number of thioether (sulfide) groups is 1. The first kappa shape index (κ1) is 20.5. The van der Waals surface area contributed by atoms with E-state index >= 15 is 0 Å². The number of hydrogen-bond acceptors (Lipinski definition) is 6. The van der Waals surface area contributed by atoms with Crippen LogP contribution in [0.3, 0.4) is 0 Å². The van der Waals surface area contributed by atoms with Gasteiger partial charge in [-0.15, -0.1) is 11.8 Å². The molecule has 32 heavy (non-hydrogen) atoms. The number of anilines is 1. The number of aryl methyl sites for hydroxylation is 3. The molecule has 4 aromatic rings. The van der Waals surface area contributed by atoms with Gasteiger partial charge in [-0.1, -0.05) is 48.5 Å². The summed E-state index contributed by atoms with van der Waals surface area (Å²) >= 11 is 1.71. The average Bonchev–Trinajstić information content (AvgIpc) is 3.25. The summed E-state index contributed by atoms with van der Waals surface area (Å²) in [6.45, 7) is 6.02. The van der Waals surface area contributed by atoms with Crippen molar-refractivity contribution in [3.8, 4) is 5.69 Å². The Morgan fingerprint density at radius 3 is 2.31 bits per heavy atom. The molecule has 1 aliphatic rings. The smallest absolute Gasteiger partial charge is 0.168 e. The zero-order valence-electron chi connectivity index (χ0n) is 18.3. The minimum Gasteiger partial charge on any atom is -0.339 e. The summed E-state index contributed by atoms with van der Waals surface area (Å²) in [5.41, 5.74) is 7.79. The molecule has 6 nitrogen and oxygen atoms in total. The van der Waals surface area contributed by atoms with Crippen molar-refractivity contribution in [2.24, 2.45) is 4.99 Å². The standard InChI is InChI=1S/C25H24N6S/c1-16-17(2)28-22(18(3)27-16)15-32-25-29-23(19-10-6-4-7-11-19)21-14-26-31(24(21)30-25)20-12-8-5-9-13-20/h4-14,25,30H,15H2,1-3H3. The summed E-state index contributed by atoms with van der Waals surface area (Å²) in [5, 5.41) is 8.26. The van der Waals surface area contributed by atoms with Crippen molar-refractivity contribution in [2.45, 2.75) is 32.0 Å². The van der Waals surface area contributed by atoms with E-state index in [1.807, 2.05) is 68.0 Å². The summed E-state index contributed by atoms with van der Waals surface area (Å²) in [6, 6.07) is 20.4. The summed E-state index contributed by atoms with van der Waals surface area (Å²) in [4.78, 5) is 14.4. The van der Waals surface area contributed by atoms with Crippen molar-refractivity contribution in [1.29, 1.82) is 0 Å². The Bertz CT molecular complexity index is 1280. The summed E-state index contributed by atoms with van der Waals surface area (Å²) in [5.74, 6) is 1.67. The lowest BCUT2D eigenvalue weighted by Crippen LogP contribution is -2.25. The fourth-order valence-electron chi connectivity index (χ4n) is 3.72. The highest BCUT2D eigenvalue weighted by atomic mass is 32.2. The number of para-hydroxylation sites is 1.